The molecule has 9 rings (SSSR count). The van der Waals surface area contributed by atoms with Gasteiger partial charge in [-0.15, -0.1) is 21.5 Å². The topological polar surface area (TPSA) is 106 Å². The molecule has 1 amide bonds. The second-order valence-electron chi connectivity index (χ2n) is 13.0. The van der Waals surface area contributed by atoms with Crippen LogP contribution in [0.25, 0.3) is 32.0 Å². The minimum Gasteiger partial charge on any atom is -0.493 e. The molecule has 4 aromatic heterocycles. The van der Waals surface area contributed by atoms with E-state index in [0.29, 0.717) is 60.3 Å². The SMILES string of the molecule is COc1c(F)ccc2c1CCC2Nc1nccc2sc(-c3c4c(nc(CCc5ccc(F)cc5)c3-c3nnc(C)o3)C3CCCN3C4=O)cc12. The minimum atomic E-state index is -0.362. The fourth-order valence-corrected chi connectivity index (χ4v) is 9.01. The summed E-state index contributed by atoms with van der Waals surface area (Å²) in [5, 5.41) is 13.1. The van der Waals surface area contributed by atoms with Gasteiger partial charge in [0, 0.05) is 45.8 Å². The largest absolute Gasteiger partial charge is 0.493 e. The van der Waals surface area contributed by atoms with Crippen LogP contribution in [0.3, 0.4) is 0 Å². The summed E-state index contributed by atoms with van der Waals surface area (Å²) in [6.07, 6.45) is 6.14. The summed E-state index contributed by atoms with van der Waals surface area (Å²) < 4.78 is 40.7. The van der Waals surface area contributed by atoms with Gasteiger partial charge in [-0.1, -0.05) is 18.2 Å². The van der Waals surface area contributed by atoms with Crippen LogP contribution in [0.15, 0.2) is 59.1 Å². The van der Waals surface area contributed by atoms with Crippen molar-refractivity contribution in [1.29, 1.82) is 0 Å². The first kappa shape index (κ1) is 30.8. The maximum atomic E-state index is 14.5. The first-order valence-corrected chi connectivity index (χ1v) is 17.6. The Morgan fingerprint density at radius 2 is 1.90 bits per heavy atom. The number of benzene rings is 2. The van der Waals surface area contributed by atoms with Crippen LogP contribution in [-0.2, 0) is 19.3 Å². The summed E-state index contributed by atoms with van der Waals surface area (Å²) in [6, 6.07) is 13.7. The van der Waals surface area contributed by atoms with E-state index in [1.165, 1.54) is 25.3 Å². The van der Waals surface area contributed by atoms with Crippen LogP contribution in [-0.4, -0.2) is 44.6 Å². The summed E-state index contributed by atoms with van der Waals surface area (Å²) in [5.74, 6) is 1.03. The van der Waals surface area contributed by atoms with Crippen LogP contribution in [0.5, 0.6) is 5.75 Å². The van der Waals surface area contributed by atoms with Gasteiger partial charge in [0.05, 0.1) is 41.7 Å². The Labute approximate surface area is 290 Å². The third kappa shape index (κ3) is 4.95. The molecule has 6 heterocycles. The number of fused-ring (bicyclic) bond motifs is 5. The van der Waals surface area contributed by atoms with Gasteiger partial charge in [-0.3, -0.25) is 9.78 Å². The van der Waals surface area contributed by atoms with Crippen molar-refractivity contribution < 1.29 is 22.7 Å². The highest BCUT2D eigenvalue weighted by Crippen LogP contribution is 2.50. The minimum absolute atomic E-state index is 0.0368. The molecular weight excluding hydrogens is 659 g/mol. The second kappa shape index (κ2) is 12.0. The Kier molecular flexibility index (Phi) is 7.38. The van der Waals surface area contributed by atoms with Gasteiger partial charge in [0.15, 0.2) is 11.6 Å². The zero-order valence-electron chi connectivity index (χ0n) is 27.4. The number of carbonyl (C=O) groups excluding carboxylic acids is 1. The highest BCUT2D eigenvalue weighted by atomic mass is 32.1. The lowest BCUT2D eigenvalue weighted by molar-refractivity contribution is 0.0776. The summed E-state index contributed by atoms with van der Waals surface area (Å²) in [7, 11) is 1.50. The number of ether oxygens (including phenoxy) is 1. The number of rotatable bonds is 8. The van der Waals surface area contributed by atoms with Crippen LogP contribution < -0.4 is 10.1 Å². The number of carbonyl (C=O) groups is 1. The van der Waals surface area contributed by atoms with Gasteiger partial charge in [0.25, 0.3) is 5.91 Å². The highest BCUT2D eigenvalue weighted by molar-refractivity contribution is 7.22. The van der Waals surface area contributed by atoms with Crippen LogP contribution >= 0.6 is 11.3 Å². The number of hydrogen-bond donors (Lipinski definition) is 1. The van der Waals surface area contributed by atoms with Crippen molar-refractivity contribution in [3.8, 4) is 27.6 Å². The Hall–Kier alpha value is -5.23. The molecule has 6 aromatic rings. The van der Waals surface area contributed by atoms with E-state index >= 15 is 0 Å². The molecule has 0 bridgehead atoms. The van der Waals surface area contributed by atoms with Crippen molar-refractivity contribution in [2.45, 2.75) is 57.5 Å². The lowest BCUT2D eigenvalue weighted by Gasteiger charge is -2.16. The van der Waals surface area contributed by atoms with E-state index in [2.05, 4.69) is 21.6 Å². The molecule has 2 atom stereocenters. The molecule has 3 aliphatic rings. The van der Waals surface area contributed by atoms with Gasteiger partial charge in [0.1, 0.15) is 11.6 Å². The predicted octanol–water partition coefficient (Wildman–Crippen LogP) is 8.18. The fraction of sp³-hybridized carbons (Fsp3) is 0.289. The van der Waals surface area contributed by atoms with E-state index in [1.54, 1.807) is 36.6 Å². The van der Waals surface area contributed by atoms with Crippen molar-refractivity contribution in [2.75, 3.05) is 19.0 Å². The molecule has 1 saturated heterocycles. The maximum absolute atomic E-state index is 14.5. The van der Waals surface area contributed by atoms with E-state index in [0.717, 1.165) is 67.9 Å². The summed E-state index contributed by atoms with van der Waals surface area (Å²) in [4.78, 5) is 27.0. The zero-order valence-corrected chi connectivity index (χ0v) is 28.2. The molecule has 2 aromatic carbocycles. The molecule has 0 spiro atoms. The van der Waals surface area contributed by atoms with Crippen LogP contribution in [0.2, 0.25) is 0 Å². The van der Waals surface area contributed by atoms with Crippen molar-refractivity contribution in [1.82, 2.24) is 25.1 Å². The van der Waals surface area contributed by atoms with E-state index in [9.17, 15) is 13.6 Å². The van der Waals surface area contributed by atoms with E-state index < -0.39 is 0 Å². The molecule has 12 heteroatoms. The van der Waals surface area contributed by atoms with Gasteiger partial charge in [0.2, 0.25) is 11.8 Å². The van der Waals surface area contributed by atoms with E-state index in [4.69, 9.17) is 19.1 Å². The second-order valence-corrected chi connectivity index (χ2v) is 14.1. The Morgan fingerprint density at radius 3 is 2.70 bits per heavy atom. The summed E-state index contributed by atoms with van der Waals surface area (Å²) in [5.41, 5.74) is 6.36. The Balaban J connectivity index is 1.20. The standard InChI is InChI=1S/C38H32F2N6O3S/c1-19-44-45-37(49-19)31-27(13-7-20-5-8-21(39)9-6-20)42-34-28-4-3-17-46(28)38(47)33(34)32(31)30-18-24-29(50-30)15-16-41-36(24)43-26-14-11-23-22(26)10-12-25(40)35(23)48-2/h5-6,8-10,12,15-16,18,26,28H,3-4,7,11,13-14,17H2,1-2H3,(H,41,43). The molecule has 0 saturated carbocycles. The number of pyridine rings is 2. The third-order valence-corrected chi connectivity index (χ3v) is 11.3. The molecule has 1 fully saturated rings. The lowest BCUT2D eigenvalue weighted by atomic mass is 9.93. The van der Waals surface area contributed by atoms with E-state index in [1.807, 2.05) is 17.0 Å². The molecule has 9 nitrogen and oxygen atoms in total. The van der Waals surface area contributed by atoms with Gasteiger partial charge in [-0.25, -0.2) is 13.8 Å². The number of methoxy groups -OCH3 is 1. The fourth-order valence-electron chi connectivity index (χ4n) is 7.90. The average Bonchev–Trinajstić information content (AvgIpc) is 3.96. The predicted molar refractivity (Wildman–Crippen MR) is 185 cm³/mol. The number of anilines is 1. The monoisotopic (exact) mass is 690 g/mol. The van der Waals surface area contributed by atoms with Crippen molar-refractivity contribution in [3.63, 3.8) is 0 Å². The number of aromatic nitrogens is 4. The quantitative estimate of drug-likeness (QED) is 0.171. The first-order valence-electron chi connectivity index (χ1n) is 16.8. The molecule has 2 unspecified atom stereocenters. The van der Waals surface area contributed by atoms with Crippen LogP contribution in [0.1, 0.15) is 75.7 Å². The molecule has 1 N–H and O–H groups in total. The molecule has 1 aliphatic carbocycles. The average molecular weight is 691 g/mol. The maximum Gasteiger partial charge on any atom is 0.257 e. The first-order chi connectivity index (χ1) is 24.4. The number of aryl methyl sites for hydroxylation is 3. The lowest BCUT2D eigenvalue weighted by Crippen LogP contribution is -2.22. The van der Waals surface area contributed by atoms with Crippen molar-refractivity contribution >= 4 is 33.1 Å². The molecule has 50 heavy (non-hydrogen) atoms. The number of nitrogens with one attached hydrogen (secondary N) is 1. The Morgan fingerprint density at radius 1 is 1.04 bits per heavy atom. The number of halogens is 2. The Bertz CT molecular complexity index is 2320. The molecule has 252 valence electrons. The number of thiophene rings is 1. The third-order valence-electron chi connectivity index (χ3n) is 10.2. The van der Waals surface area contributed by atoms with Crippen molar-refractivity contribution in [2.24, 2.45) is 0 Å². The zero-order chi connectivity index (χ0) is 34.1. The number of hydrogen-bond acceptors (Lipinski definition) is 9. The highest BCUT2D eigenvalue weighted by Gasteiger charge is 2.45. The number of amides is 1. The van der Waals surface area contributed by atoms with Crippen LogP contribution in [0, 0.1) is 18.6 Å². The van der Waals surface area contributed by atoms with E-state index in [-0.39, 0.29) is 29.6 Å². The molecular formula is C38H32F2N6O3S. The number of nitrogens with zero attached hydrogens (tertiary/aromatic N) is 5. The summed E-state index contributed by atoms with van der Waals surface area (Å²) in [6.45, 7) is 2.42. The molecule has 2 aliphatic heterocycles. The van der Waals surface area contributed by atoms with Gasteiger partial charge in [-0.05, 0) is 80.0 Å². The smallest absolute Gasteiger partial charge is 0.257 e. The molecule has 0 radical (unpaired) electrons. The van der Waals surface area contributed by atoms with Gasteiger partial charge >= 0.3 is 0 Å². The van der Waals surface area contributed by atoms with Gasteiger partial charge in [-0.2, -0.15) is 0 Å². The normalized spacial score (nSPS) is 17.8. The van der Waals surface area contributed by atoms with Crippen molar-refractivity contribution in [3.05, 3.63) is 106 Å². The van der Waals surface area contributed by atoms with Gasteiger partial charge < -0.3 is 19.4 Å². The van der Waals surface area contributed by atoms with Crippen LogP contribution in [0.4, 0.5) is 14.6 Å². The summed E-state index contributed by atoms with van der Waals surface area (Å²) >= 11 is 1.57.